The first-order valence-electron chi connectivity index (χ1n) is 1.61. The highest BCUT2D eigenvalue weighted by molar-refractivity contribution is 7.49. The molecule has 0 heterocycles. The van der Waals surface area contributed by atoms with E-state index in [9.17, 15) is 9.46 Å². The topological polar surface area (TPSA) is 40.1 Å². The van der Waals surface area contributed by atoms with Crippen LogP contribution in [0.3, 0.4) is 0 Å². The van der Waals surface area contributed by atoms with Gasteiger partial charge in [0.1, 0.15) is 0 Å². The molecule has 0 bridgehead atoms. The molecule has 0 fully saturated rings. The first-order valence-corrected chi connectivity index (χ1v) is 3.67. The second kappa shape index (κ2) is 2.63. The van der Waals surface area contributed by atoms with Crippen LogP contribution in [0.4, 0.5) is 0 Å². The summed E-state index contributed by atoms with van der Waals surface area (Å²) in [7, 11) is -0.680. The Morgan fingerprint density at radius 2 is 2.17 bits per heavy atom. The van der Waals surface area contributed by atoms with Gasteiger partial charge in [0.2, 0.25) is 5.40 Å². The normalized spacial score (nSPS) is 17.3. The molecule has 0 saturated heterocycles. The molecular formula is C2H7O2P2+. The van der Waals surface area contributed by atoms with E-state index in [4.69, 9.17) is 0 Å². The largest absolute Gasteiger partial charge is 0.592 e. The maximum Gasteiger partial charge on any atom is 0.351 e. The van der Waals surface area contributed by atoms with E-state index in [1.807, 2.05) is 0 Å². The zero-order chi connectivity index (χ0) is 5.15. The van der Waals surface area contributed by atoms with Crippen LogP contribution >= 0.6 is 17.3 Å². The Hall–Kier alpha value is 0.490. The number of hydrogen-bond acceptors (Lipinski definition) is 2. The summed E-state index contributed by atoms with van der Waals surface area (Å²) < 4.78 is 9.74. The van der Waals surface area contributed by atoms with Gasteiger partial charge in [-0.1, -0.05) is 4.57 Å². The average molecular weight is 125 g/mol. The molecule has 0 aromatic heterocycles. The molecule has 0 radical (unpaired) electrons. The molecule has 0 aliphatic rings. The lowest BCUT2D eigenvalue weighted by Crippen LogP contribution is -1.92. The standard InChI is InChI=1S/C2H6O2P2/c1-2(5)6(3)4/h2H,5H2,1H3/p+1. The van der Waals surface area contributed by atoms with Gasteiger partial charge >= 0.3 is 8.03 Å². The zero-order valence-corrected chi connectivity index (χ0v) is 5.86. The summed E-state index contributed by atoms with van der Waals surface area (Å²) in [6.07, 6.45) is 0. The molecule has 0 saturated carbocycles. The van der Waals surface area contributed by atoms with E-state index in [1.165, 1.54) is 9.24 Å². The summed E-state index contributed by atoms with van der Waals surface area (Å²) in [5.74, 6) is 0. The molecule has 0 aromatic carbocycles. The Morgan fingerprint density at radius 3 is 2.17 bits per heavy atom. The lowest BCUT2D eigenvalue weighted by Gasteiger charge is -1.81. The number of hydrogen-bond donors (Lipinski definition) is 0. The Balaban J connectivity index is 3.26. The highest BCUT2D eigenvalue weighted by Crippen LogP contribution is 2.21. The van der Waals surface area contributed by atoms with Crippen LogP contribution in [-0.4, -0.2) is 5.40 Å². The van der Waals surface area contributed by atoms with Crippen LogP contribution in [-0.2, 0) is 4.57 Å². The van der Waals surface area contributed by atoms with Crippen molar-refractivity contribution in [3.8, 4) is 0 Å². The molecular weight excluding hydrogens is 118 g/mol. The Bertz CT molecular complexity index is 60.6. The third-order valence-corrected chi connectivity index (χ3v) is 1.97. The quantitative estimate of drug-likeness (QED) is 0.464. The second-order valence-electron chi connectivity index (χ2n) is 1.13. The van der Waals surface area contributed by atoms with Crippen LogP contribution in [0.5, 0.6) is 0 Å². The molecule has 6 heavy (non-hydrogen) atoms. The monoisotopic (exact) mass is 125 g/mol. The van der Waals surface area contributed by atoms with Crippen LogP contribution < -0.4 is 4.89 Å². The summed E-state index contributed by atoms with van der Waals surface area (Å²) in [6.45, 7) is 1.66. The maximum atomic E-state index is 9.74. The van der Waals surface area contributed by atoms with Gasteiger partial charge in [0.25, 0.3) is 0 Å². The van der Waals surface area contributed by atoms with Gasteiger partial charge in [-0.3, -0.25) is 0 Å². The molecule has 0 spiro atoms. The van der Waals surface area contributed by atoms with Gasteiger partial charge in [-0.05, 0) is 0 Å². The molecule has 0 rings (SSSR count). The molecule has 0 aliphatic carbocycles. The van der Waals surface area contributed by atoms with Gasteiger partial charge in [-0.2, -0.15) is 0 Å². The highest BCUT2D eigenvalue weighted by Gasteiger charge is 2.09. The van der Waals surface area contributed by atoms with Crippen molar-refractivity contribution in [1.82, 2.24) is 0 Å². The van der Waals surface area contributed by atoms with E-state index >= 15 is 0 Å². The van der Waals surface area contributed by atoms with Gasteiger partial charge in [-0.25, -0.2) is 0 Å². The van der Waals surface area contributed by atoms with Crippen molar-refractivity contribution in [3.05, 3.63) is 0 Å². The molecule has 0 amide bonds. The average Bonchev–Trinajstić information content (AvgIpc) is 1.36. The predicted molar refractivity (Wildman–Crippen MR) is 28.2 cm³/mol. The lowest BCUT2D eigenvalue weighted by molar-refractivity contribution is -0.164. The van der Waals surface area contributed by atoms with Crippen molar-refractivity contribution in [3.63, 3.8) is 0 Å². The summed E-state index contributed by atoms with van der Waals surface area (Å²) in [5.41, 5.74) is 0. The van der Waals surface area contributed by atoms with Crippen LogP contribution in [0.15, 0.2) is 0 Å². The molecule has 3 atom stereocenters. The van der Waals surface area contributed by atoms with Crippen molar-refractivity contribution in [2.75, 3.05) is 0 Å². The third kappa shape index (κ3) is 2.71. The summed E-state index contributed by atoms with van der Waals surface area (Å²) >= 11 is 0. The van der Waals surface area contributed by atoms with Crippen LogP contribution in [0.1, 0.15) is 6.92 Å². The number of rotatable bonds is 1. The van der Waals surface area contributed by atoms with E-state index in [2.05, 4.69) is 0 Å². The smallest absolute Gasteiger partial charge is 0.351 e. The SMILES string of the molecule is CC([PH3+])[P+](=O)[O-]. The van der Waals surface area contributed by atoms with E-state index < -0.39 is 8.03 Å². The molecule has 2 nitrogen and oxygen atoms in total. The van der Waals surface area contributed by atoms with Crippen LogP contribution in [0.2, 0.25) is 0 Å². The minimum Gasteiger partial charge on any atom is -0.592 e. The van der Waals surface area contributed by atoms with Crippen molar-refractivity contribution in [1.29, 1.82) is 0 Å². The van der Waals surface area contributed by atoms with Crippen molar-refractivity contribution >= 4 is 17.3 Å². The van der Waals surface area contributed by atoms with E-state index in [0.29, 0.717) is 0 Å². The molecule has 36 valence electrons. The Labute approximate surface area is 40.0 Å². The highest BCUT2D eigenvalue weighted by atomic mass is 31.1. The Kier molecular flexibility index (Phi) is 2.84. The fourth-order valence-corrected chi connectivity index (χ4v) is 0. The molecule has 4 heteroatoms. The fourth-order valence-electron chi connectivity index (χ4n) is 0. The van der Waals surface area contributed by atoms with Crippen LogP contribution in [0.25, 0.3) is 0 Å². The first-order chi connectivity index (χ1) is 2.64. The summed E-state index contributed by atoms with van der Waals surface area (Å²) in [5, 5.41) is -0.167. The first kappa shape index (κ1) is 6.49. The second-order valence-corrected chi connectivity index (χ2v) is 4.50. The van der Waals surface area contributed by atoms with E-state index in [-0.39, 0.29) is 5.40 Å². The maximum absolute atomic E-state index is 9.74. The fraction of sp³-hybridized carbons (Fsp3) is 1.00. The van der Waals surface area contributed by atoms with E-state index in [0.717, 1.165) is 0 Å². The third-order valence-electron chi connectivity index (χ3n) is 0.360. The minimum absolute atomic E-state index is 0.167. The van der Waals surface area contributed by atoms with Crippen molar-refractivity contribution < 1.29 is 9.46 Å². The zero-order valence-electron chi connectivity index (χ0n) is 3.55. The minimum atomic E-state index is -2.15. The Morgan fingerprint density at radius 1 is 2.00 bits per heavy atom. The lowest BCUT2D eigenvalue weighted by atomic mass is 11.0. The van der Waals surface area contributed by atoms with Gasteiger partial charge in [0.15, 0.2) is 0 Å². The van der Waals surface area contributed by atoms with Crippen LogP contribution in [0, 0.1) is 0 Å². The van der Waals surface area contributed by atoms with Crippen molar-refractivity contribution in [2.45, 2.75) is 12.3 Å². The van der Waals surface area contributed by atoms with Gasteiger partial charge in [-0.15, -0.1) is 0 Å². The predicted octanol–water partition coefficient (Wildman–Crippen LogP) is 0.0425. The van der Waals surface area contributed by atoms with E-state index in [1.54, 1.807) is 6.92 Å². The van der Waals surface area contributed by atoms with Gasteiger partial charge < -0.3 is 4.89 Å². The molecule has 0 aliphatic heterocycles. The summed E-state index contributed by atoms with van der Waals surface area (Å²) in [4.78, 5) is 9.74. The molecule has 0 aromatic rings. The summed E-state index contributed by atoms with van der Waals surface area (Å²) in [6, 6.07) is 0. The molecule has 3 unspecified atom stereocenters. The van der Waals surface area contributed by atoms with Crippen molar-refractivity contribution in [2.24, 2.45) is 0 Å². The van der Waals surface area contributed by atoms with Gasteiger partial charge in [0, 0.05) is 16.2 Å². The molecule has 0 N–H and O–H groups in total. The van der Waals surface area contributed by atoms with Gasteiger partial charge in [0.05, 0.1) is 0 Å².